The molecule has 178 valence electrons. The van der Waals surface area contributed by atoms with Crippen LogP contribution >= 0.6 is 23.2 Å². The summed E-state index contributed by atoms with van der Waals surface area (Å²) in [7, 11) is -4.02. The number of carbonyl (C=O) groups excluding carboxylic acids is 1. The van der Waals surface area contributed by atoms with Crippen molar-refractivity contribution in [2.75, 3.05) is 10.8 Å². The molecule has 0 fully saturated rings. The van der Waals surface area contributed by atoms with Gasteiger partial charge in [-0.1, -0.05) is 59.6 Å². The molecule has 0 saturated heterocycles. The number of sulfonamides is 1. The molecule has 0 heterocycles. The van der Waals surface area contributed by atoms with Crippen LogP contribution in [0.3, 0.4) is 0 Å². The quantitative estimate of drug-likeness (QED) is 0.422. The van der Waals surface area contributed by atoms with Gasteiger partial charge in [-0.2, -0.15) is 0 Å². The molecule has 8 heteroatoms. The number of nitrogens with one attached hydrogen (secondary N) is 1. The summed E-state index contributed by atoms with van der Waals surface area (Å²) in [5.41, 5.74) is 3.96. The molecule has 1 amide bonds. The first-order chi connectivity index (χ1) is 16.3. The third-order valence-electron chi connectivity index (χ3n) is 6.06. The molecule has 0 bridgehead atoms. The first-order valence-corrected chi connectivity index (χ1v) is 13.4. The van der Waals surface area contributed by atoms with Crippen LogP contribution in [0.4, 0.5) is 5.69 Å². The number of benzene rings is 3. The number of hydrogen-bond donors (Lipinski definition) is 1. The second-order valence-electron chi connectivity index (χ2n) is 8.45. The molecule has 1 N–H and O–H groups in total. The van der Waals surface area contributed by atoms with Crippen LogP contribution in [0.15, 0.2) is 71.6 Å². The van der Waals surface area contributed by atoms with Gasteiger partial charge in [-0.25, -0.2) is 8.42 Å². The van der Waals surface area contributed by atoms with Crippen molar-refractivity contribution >= 4 is 44.8 Å². The van der Waals surface area contributed by atoms with Gasteiger partial charge in [0.25, 0.3) is 10.0 Å². The summed E-state index contributed by atoms with van der Waals surface area (Å²) in [4.78, 5) is 13.1. The summed E-state index contributed by atoms with van der Waals surface area (Å²) in [6.45, 7) is 1.50. The lowest BCUT2D eigenvalue weighted by Crippen LogP contribution is -2.41. The van der Waals surface area contributed by atoms with Gasteiger partial charge in [-0.15, -0.1) is 0 Å². The highest BCUT2D eigenvalue weighted by Gasteiger charge is 2.28. The van der Waals surface area contributed by atoms with E-state index in [-0.39, 0.29) is 21.6 Å². The van der Waals surface area contributed by atoms with Crippen LogP contribution in [0, 0.1) is 0 Å². The number of halogens is 2. The summed E-state index contributed by atoms with van der Waals surface area (Å²) >= 11 is 12.2. The Kier molecular flexibility index (Phi) is 7.51. The number of anilines is 1. The number of carbonyl (C=O) groups is 1. The Hall–Kier alpha value is -2.54. The lowest BCUT2D eigenvalue weighted by atomic mass is 9.89. The lowest BCUT2D eigenvalue weighted by molar-refractivity contribution is -0.120. The zero-order valence-electron chi connectivity index (χ0n) is 18.8. The van der Waals surface area contributed by atoms with Gasteiger partial charge in [0, 0.05) is 0 Å². The highest BCUT2D eigenvalue weighted by Crippen LogP contribution is 2.31. The van der Waals surface area contributed by atoms with E-state index in [2.05, 4.69) is 17.4 Å². The van der Waals surface area contributed by atoms with E-state index in [1.165, 1.54) is 54.3 Å². The predicted molar refractivity (Wildman–Crippen MR) is 137 cm³/mol. The first kappa shape index (κ1) is 24.6. The maximum absolute atomic E-state index is 13.5. The largest absolute Gasteiger partial charge is 0.348 e. The molecular formula is C26H26Cl2N2O3S. The Morgan fingerprint density at radius 1 is 0.941 bits per heavy atom. The first-order valence-electron chi connectivity index (χ1n) is 11.2. The summed E-state index contributed by atoms with van der Waals surface area (Å²) in [5, 5.41) is 3.45. The fourth-order valence-electron chi connectivity index (χ4n) is 4.20. The molecule has 1 aliphatic rings. The smallest absolute Gasteiger partial charge is 0.264 e. The molecule has 0 aromatic heterocycles. The molecule has 0 aliphatic heterocycles. The zero-order valence-corrected chi connectivity index (χ0v) is 21.1. The molecule has 3 aromatic rings. The van der Waals surface area contributed by atoms with Crippen LogP contribution in [-0.4, -0.2) is 20.9 Å². The Balaban J connectivity index is 1.58. The van der Waals surface area contributed by atoms with E-state index in [4.69, 9.17) is 23.2 Å². The number of nitrogens with zero attached hydrogens (tertiary/aromatic N) is 1. The van der Waals surface area contributed by atoms with Crippen LogP contribution in [-0.2, 0) is 27.7 Å². The average Bonchev–Trinajstić information content (AvgIpc) is 2.84. The van der Waals surface area contributed by atoms with E-state index >= 15 is 0 Å². The van der Waals surface area contributed by atoms with Crippen molar-refractivity contribution < 1.29 is 13.2 Å². The molecule has 4 rings (SSSR count). The number of amides is 1. The van der Waals surface area contributed by atoms with Crippen molar-refractivity contribution in [1.29, 1.82) is 0 Å². The highest BCUT2D eigenvalue weighted by molar-refractivity contribution is 7.92. The highest BCUT2D eigenvalue weighted by atomic mass is 35.5. The molecule has 1 atom stereocenters. The van der Waals surface area contributed by atoms with E-state index < -0.39 is 22.5 Å². The molecule has 0 radical (unpaired) electrons. The Morgan fingerprint density at radius 2 is 1.65 bits per heavy atom. The predicted octanol–water partition coefficient (Wildman–Crippen LogP) is 5.94. The van der Waals surface area contributed by atoms with Gasteiger partial charge in [0.05, 0.1) is 26.7 Å². The molecule has 0 spiro atoms. The summed E-state index contributed by atoms with van der Waals surface area (Å²) < 4.78 is 28.0. The van der Waals surface area contributed by atoms with Gasteiger partial charge in [0.15, 0.2) is 0 Å². The Labute approximate surface area is 210 Å². The fourth-order valence-corrected chi connectivity index (χ4v) is 5.92. The summed E-state index contributed by atoms with van der Waals surface area (Å²) in [5.74, 6) is -0.421. The van der Waals surface area contributed by atoms with Gasteiger partial charge >= 0.3 is 0 Å². The third kappa shape index (κ3) is 5.40. The zero-order chi connectivity index (χ0) is 24.3. The number of fused-ring (bicyclic) bond motifs is 1. The maximum Gasteiger partial charge on any atom is 0.264 e. The van der Waals surface area contributed by atoms with Gasteiger partial charge in [0.1, 0.15) is 6.54 Å². The number of hydrogen-bond acceptors (Lipinski definition) is 3. The molecular weight excluding hydrogens is 491 g/mol. The number of aryl methyl sites for hydroxylation is 2. The normalized spacial score (nSPS) is 14.2. The average molecular weight is 517 g/mol. The van der Waals surface area contributed by atoms with Crippen LogP contribution in [0.25, 0.3) is 0 Å². The van der Waals surface area contributed by atoms with E-state index in [0.29, 0.717) is 5.02 Å². The van der Waals surface area contributed by atoms with Crippen molar-refractivity contribution in [3.05, 3.63) is 93.5 Å². The molecule has 3 aromatic carbocycles. The molecule has 0 saturated carbocycles. The summed E-state index contributed by atoms with van der Waals surface area (Å²) in [6.07, 6.45) is 4.52. The lowest BCUT2D eigenvalue weighted by Gasteiger charge is -2.26. The maximum atomic E-state index is 13.5. The van der Waals surface area contributed by atoms with Crippen molar-refractivity contribution in [1.82, 2.24) is 5.32 Å². The Morgan fingerprint density at radius 3 is 2.35 bits per heavy atom. The van der Waals surface area contributed by atoms with E-state index in [0.717, 1.165) is 22.7 Å². The third-order valence-corrected chi connectivity index (χ3v) is 8.59. The van der Waals surface area contributed by atoms with E-state index in [1.807, 2.05) is 13.0 Å². The minimum Gasteiger partial charge on any atom is -0.348 e. The molecule has 5 nitrogen and oxygen atoms in total. The van der Waals surface area contributed by atoms with Crippen LogP contribution in [0.5, 0.6) is 0 Å². The minimum atomic E-state index is -4.02. The van der Waals surface area contributed by atoms with E-state index in [9.17, 15) is 13.2 Å². The minimum absolute atomic E-state index is 0.0802. The SMILES string of the molecule is C[C@H](NC(=O)CN(c1ccc(Cl)c(Cl)c1)S(=O)(=O)c1ccccc1)c1ccc2c(c1)CCCC2. The van der Waals surface area contributed by atoms with Gasteiger partial charge < -0.3 is 5.32 Å². The molecule has 0 unspecified atom stereocenters. The van der Waals surface area contributed by atoms with E-state index in [1.54, 1.807) is 18.2 Å². The Bertz CT molecular complexity index is 1300. The second kappa shape index (κ2) is 10.4. The molecule has 1 aliphatic carbocycles. The molecule has 34 heavy (non-hydrogen) atoms. The summed E-state index contributed by atoms with van der Waals surface area (Å²) in [6, 6.07) is 18.5. The second-order valence-corrected chi connectivity index (χ2v) is 11.1. The topological polar surface area (TPSA) is 66.5 Å². The van der Waals surface area contributed by atoms with Crippen LogP contribution < -0.4 is 9.62 Å². The fraction of sp³-hybridized carbons (Fsp3) is 0.269. The van der Waals surface area contributed by atoms with Gasteiger partial charge in [-0.3, -0.25) is 9.10 Å². The standard InChI is InChI=1S/C26H26Cl2N2O3S/c1-18(20-12-11-19-7-5-6-8-21(19)15-20)29-26(31)17-30(22-13-14-24(27)25(28)16-22)34(32,33)23-9-3-2-4-10-23/h2-4,9-16,18H,5-8,17H2,1H3,(H,29,31)/t18-/m0/s1. The van der Waals surface area contributed by atoms with Crippen molar-refractivity contribution in [2.45, 2.75) is 43.5 Å². The van der Waals surface area contributed by atoms with Gasteiger partial charge in [-0.05, 0) is 79.6 Å². The van der Waals surface area contributed by atoms with Crippen LogP contribution in [0.1, 0.15) is 42.5 Å². The van der Waals surface area contributed by atoms with Crippen molar-refractivity contribution in [3.63, 3.8) is 0 Å². The van der Waals surface area contributed by atoms with Crippen molar-refractivity contribution in [3.8, 4) is 0 Å². The monoisotopic (exact) mass is 516 g/mol. The van der Waals surface area contributed by atoms with Crippen LogP contribution in [0.2, 0.25) is 10.0 Å². The van der Waals surface area contributed by atoms with Gasteiger partial charge in [0.2, 0.25) is 5.91 Å². The number of rotatable bonds is 7. The van der Waals surface area contributed by atoms with Crippen molar-refractivity contribution in [2.24, 2.45) is 0 Å².